The third kappa shape index (κ3) is 2.04. The van der Waals surface area contributed by atoms with E-state index >= 15 is 0 Å². The number of fused-ring (bicyclic) bond motifs is 1. The lowest BCUT2D eigenvalue weighted by Gasteiger charge is -2.07. The van der Waals surface area contributed by atoms with Crippen LogP contribution >= 0.6 is 11.6 Å². The SMILES string of the molecule is Cc1nc2c([nH]1)c(=O)[nH]c(=O)n2Cc1ccccc1Cl. The first-order chi connectivity index (χ1) is 9.56. The number of benzene rings is 1. The second-order valence-corrected chi connectivity index (χ2v) is 4.86. The van der Waals surface area contributed by atoms with Gasteiger partial charge in [-0.25, -0.2) is 9.78 Å². The van der Waals surface area contributed by atoms with Gasteiger partial charge >= 0.3 is 5.69 Å². The van der Waals surface area contributed by atoms with Crippen molar-refractivity contribution in [2.24, 2.45) is 0 Å². The quantitative estimate of drug-likeness (QED) is 0.749. The lowest BCUT2D eigenvalue weighted by Crippen LogP contribution is -2.30. The van der Waals surface area contributed by atoms with Crippen LogP contribution in [0.2, 0.25) is 5.02 Å². The van der Waals surface area contributed by atoms with Crippen LogP contribution in [0.4, 0.5) is 0 Å². The van der Waals surface area contributed by atoms with Crippen molar-refractivity contribution in [2.75, 3.05) is 0 Å². The number of halogens is 1. The fourth-order valence-corrected chi connectivity index (χ4v) is 2.30. The van der Waals surface area contributed by atoms with Gasteiger partial charge < -0.3 is 4.98 Å². The summed E-state index contributed by atoms with van der Waals surface area (Å²) in [6.45, 7) is 1.97. The maximum absolute atomic E-state index is 12.0. The molecule has 6 nitrogen and oxygen atoms in total. The highest BCUT2D eigenvalue weighted by Crippen LogP contribution is 2.16. The van der Waals surface area contributed by atoms with Gasteiger partial charge in [0.05, 0.1) is 6.54 Å². The molecular weight excluding hydrogens is 280 g/mol. The van der Waals surface area contributed by atoms with E-state index in [1.165, 1.54) is 4.57 Å². The summed E-state index contributed by atoms with van der Waals surface area (Å²) in [5.74, 6) is 0.573. The average molecular weight is 291 g/mol. The molecule has 0 amide bonds. The predicted molar refractivity (Wildman–Crippen MR) is 76.3 cm³/mol. The van der Waals surface area contributed by atoms with Crippen LogP contribution < -0.4 is 11.2 Å². The minimum absolute atomic E-state index is 0.246. The second-order valence-electron chi connectivity index (χ2n) is 4.46. The van der Waals surface area contributed by atoms with E-state index in [0.717, 1.165) is 5.56 Å². The van der Waals surface area contributed by atoms with Gasteiger partial charge in [-0.1, -0.05) is 29.8 Å². The molecule has 0 radical (unpaired) electrons. The Morgan fingerprint density at radius 3 is 2.75 bits per heavy atom. The van der Waals surface area contributed by atoms with Crippen LogP contribution in [0.3, 0.4) is 0 Å². The largest absolute Gasteiger partial charge is 0.336 e. The lowest BCUT2D eigenvalue weighted by atomic mass is 10.2. The molecule has 0 unspecified atom stereocenters. The van der Waals surface area contributed by atoms with Crippen molar-refractivity contribution in [1.82, 2.24) is 19.5 Å². The first kappa shape index (κ1) is 12.7. The highest BCUT2D eigenvalue weighted by Gasteiger charge is 2.12. The molecule has 0 saturated carbocycles. The normalized spacial score (nSPS) is 11.1. The second kappa shape index (κ2) is 4.64. The number of aromatic nitrogens is 4. The zero-order chi connectivity index (χ0) is 14.3. The number of H-pyrrole nitrogens is 2. The van der Waals surface area contributed by atoms with Gasteiger partial charge in [0.2, 0.25) is 0 Å². The van der Waals surface area contributed by atoms with Gasteiger partial charge in [0.25, 0.3) is 5.56 Å². The Balaban J connectivity index is 2.24. The molecule has 0 atom stereocenters. The van der Waals surface area contributed by atoms with Crippen molar-refractivity contribution in [3.05, 3.63) is 61.5 Å². The van der Waals surface area contributed by atoms with Crippen LogP contribution in [-0.4, -0.2) is 19.5 Å². The van der Waals surface area contributed by atoms with E-state index in [0.29, 0.717) is 16.5 Å². The maximum Gasteiger partial charge on any atom is 0.330 e. The Morgan fingerprint density at radius 1 is 1.25 bits per heavy atom. The topological polar surface area (TPSA) is 83.5 Å². The molecular formula is C13H11ClN4O2. The summed E-state index contributed by atoms with van der Waals surface area (Å²) in [6, 6.07) is 7.23. The number of rotatable bonds is 2. The van der Waals surface area contributed by atoms with Crippen molar-refractivity contribution in [1.29, 1.82) is 0 Å². The molecule has 0 spiro atoms. The number of nitrogens with one attached hydrogen (secondary N) is 2. The molecule has 7 heteroatoms. The van der Waals surface area contributed by atoms with E-state index in [4.69, 9.17) is 11.6 Å². The molecule has 3 rings (SSSR count). The Morgan fingerprint density at radius 2 is 2.00 bits per heavy atom. The Hall–Kier alpha value is -2.34. The van der Waals surface area contributed by atoms with E-state index in [1.807, 2.05) is 18.2 Å². The van der Waals surface area contributed by atoms with E-state index in [1.54, 1.807) is 13.0 Å². The summed E-state index contributed by atoms with van der Waals surface area (Å²) >= 11 is 6.10. The summed E-state index contributed by atoms with van der Waals surface area (Å²) < 4.78 is 1.39. The van der Waals surface area contributed by atoms with Crippen molar-refractivity contribution in [2.45, 2.75) is 13.5 Å². The fourth-order valence-electron chi connectivity index (χ4n) is 2.10. The molecule has 3 aromatic rings. The molecule has 2 heterocycles. The van der Waals surface area contributed by atoms with Gasteiger partial charge in [-0.15, -0.1) is 0 Å². The number of hydrogen-bond donors (Lipinski definition) is 2. The summed E-state index contributed by atoms with van der Waals surface area (Å²) in [7, 11) is 0. The van der Waals surface area contributed by atoms with Crippen molar-refractivity contribution in [3.63, 3.8) is 0 Å². The number of aryl methyl sites for hydroxylation is 1. The Labute approximate surface area is 118 Å². The van der Waals surface area contributed by atoms with E-state index < -0.39 is 11.2 Å². The molecule has 0 bridgehead atoms. The van der Waals surface area contributed by atoms with Crippen molar-refractivity contribution < 1.29 is 0 Å². The summed E-state index contributed by atoms with van der Waals surface area (Å²) in [5, 5.41) is 0.561. The van der Waals surface area contributed by atoms with Crippen LogP contribution in [-0.2, 0) is 6.54 Å². The van der Waals surface area contributed by atoms with Gasteiger partial charge in [0, 0.05) is 5.02 Å². The number of hydrogen-bond acceptors (Lipinski definition) is 3. The maximum atomic E-state index is 12.0. The number of aromatic amines is 2. The molecule has 0 fully saturated rings. The molecule has 0 aliphatic heterocycles. The van der Waals surface area contributed by atoms with Crippen LogP contribution in [0.15, 0.2) is 33.9 Å². The fraction of sp³-hybridized carbons (Fsp3) is 0.154. The molecule has 1 aromatic carbocycles. The van der Waals surface area contributed by atoms with Crippen molar-refractivity contribution in [3.8, 4) is 0 Å². The standard InChI is InChI=1S/C13H11ClN4O2/c1-7-15-10-11(16-7)18(13(20)17-12(10)19)6-8-4-2-3-5-9(8)14/h2-5H,6H2,1H3,(H,15,16)(H,17,19,20). The van der Waals surface area contributed by atoms with Crippen LogP contribution in [0.1, 0.15) is 11.4 Å². The molecule has 102 valence electrons. The zero-order valence-corrected chi connectivity index (χ0v) is 11.4. The van der Waals surface area contributed by atoms with Crippen LogP contribution in [0.25, 0.3) is 11.2 Å². The molecule has 0 saturated heterocycles. The minimum Gasteiger partial charge on any atom is -0.336 e. The highest BCUT2D eigenvalue weighted by molar-refractivity contribution is 6.31. The molecule has 0 aliphatic rings. The molecule has 2 N–H and O–H groups in total. The third-order valence-electron chi connectivity index (χ3n) is 3.04. The lowest BCUT2D eigenvalue weighted by molar-refractivity contribution is 0.748. The van der Waals surface area contributed by atoms with E-state index in [2.05, 4.69) is 15.0 Å². The van der Waals surface area contributed by atoms with Gasteiger partial charge in [-0.05, 0) is 18.6 Å². The van der Waals surface area contributed by atoms with Gasteiger partial charge in [-0.3, -0.25) is 14.3 Å². The number of nitrogens with zero attached hydrogens (tertiary/aromatic N) is 2. The Kier molecular flexibility index (Phi) is 2.94. The van der Waals surface area contributed by atoms with Gasteiger partial charge in [-0.2, -0.15) is 0 Å². The van der Waals surface area contributed by atoms with E-state index in [-0.39, 0.29) is 12.1 Å². The first-order valence-electron chi connectivity index (χ1n) is 5.99. The van der Waals surface area contributed by atoms with Crippen LogP contribution in [0, 0.1) is 6.92 Å². The van der Waals surface area contributed by atoms with Crippen molar-refractivity contribution >= 4 is 22.8 Å². The van der Waals surface area contributed by atoms with Gasteiger partial charge in [0.1, 0.15) is 11.3 Å². The zero-order valence-electron chi connectivity index (χ0n) is 10.6. The molecule has 20 heavy (non-hydrogen) atoms. The van der Waals surface area contributed by atoms with Crippen LogP contribution in [0.5, 0.6) is 0 Å². The third-order valence-corrected chi connectivity index (χ3v) is 3.41. The Bertz CT molecular complexity index is 907. The van der Waals surface area contributed by atoms with Gasteiger partial charge in [0.15, 0.2) is 5.65 Å². The highest BCUT2D eigenvalue weighted by atomic mass is 35.5. The number of imidazole rings is 1. The minimum atomic E-state index is -0.506. The molecule has 0 aliphatic carbocycles. The smallest absolute Gasteiger partial charge is 0.330 e. The average Bonchev–Trinajstić information content (AvgIpc) is 2.79. The molecule has 2 aromatic heterocycles. The summed E-state index contributed by atoms with van der Waals surface area (Å²) in [4.78, 5) is 33.0. The summed E-state index contributed by atoms with van der Waals surface area (Å²) in [6.07, 6.45) is 0. The first-order valence-corrected chi connectivity index (χ1v) is 6.37. The monoisotopic (exact) mass is 290 g/mol. The predicted octanol–water partition coefficient (Wildman–Crippen LogP) is 1.42. The summed E-state index contributed by atoms with van der Waals surface area (Å²) in [5.41, 5.74) is 0.422. The van der Waals surface area contributed by atoms with E-state index in [9.17, 15) is 9.59 Å².